The Balaban J connectivity index is 1.16. The molecule has 7 nitrogen and oxygen atoms in total. The van der Waals surface area contributed by atoms with Gasteiger partial charge in [0.15, 0.2) is 0 Å². The molecule has 9 heteroatoms. The predicted octanol–water partition coefficient (Wildman–Crippen LogP) is 7.62. The number of ether oxygens (including phenoxy) is 3. The minimum atomic E-state index is -0.722. The van der Waals surface area contributed by atoms with E-state index in [0.717, 1.165) is 88.1 Å². The Morgan fingerprint density at radius 2 is 1.72 bits per heavy atom. The predicted molar refractivity (Wildman–Crippen MR) is 158 cm³/mol. The molecule has 1 fully saturated rings. The maximum atomic E-state index is 11.9. The quantitative estimate of drug-likeness (QED) is 0.154. The van der Waals surface area contributed by atoms with Crippen molar-refractivity contribution in [2.45, 2.75) is 45.4 Å². The maximum absolute atomic E-state index is 11.9. The second-order valence-electron chi connectivity index (χ2n) is 9.72. The van der Waals surface area contributed by atoms with Gasteiger partial charge in [-0.2, -0.15) is 0 Å². The normalized spacial score (nSPS) is 14.0. The van der Waals surface area contributed by atoms with E-state index in [2.05, 4.69) is 21.7 Å². The van der Waals surface area contributed by atoms with Crippen molar-refractivity contribution in [1.82, 2.24) is 9.88 Å². The third-order valence-corrected chi connectivity index (χ3v) is 7.63. The first-order chi connectivity index (χ1) is 19.0. The molecule has 0 radical (unpaired) electrons. The first kappa shape index (κ1) is 29.2. The smallest absolute Gasteiger partial charge is 0.494 e. The number of unbranched alkanes of at least 4 members (excludes halogenated alkanes) is 4. The van der Waals surface area contributed by atoms with Gasteiger partial charge in [-0.05, 0) is 56.1 Å². The molecular formula is C30H37Cl2N3O4. The van der Waals surface area contributed by atoms with Gasteiger partial charge in [0.1, 0.15) is 5.75 Å². The second-order valence-corrected chi connectivity index (χ2v) is 10.5. The summed E-state index contributed by atoms with van der Waals surface area (Å²) in [6, 6.07) is 15.1. The van der Waals surface area contributed by atoms with Gasteiger partial charge in [-0.15, -0.1) is 0 Å². The number of benzene rings is 2. The summed E-state index contributed by atoms with van der Waals surface area (Å²) in [6.45, 7) is 8.03. The van der Waals surface area contributed by atoms with Gasteiger partial charge in [0.05, 0.1) is 34.5 Å². The van der Waals surface area contributed by atoms with E-state index in [-0.39, 0.29) is 5.88 Å². The lowest BCUT2D eigenvalue weighted by Gasteiger charge is -2.36. The highest BCUT2D eigenvalue weighted by Crippen LogP contribution is 2.33. The van der Waals surface area contributed by atoms with Gasteiger partial charge in [0.2, 0.25) is 5.88 Å². The molecule has 2 aromatic carbocycles. The van der Waals surface area contributed by atoms with Crippen molar-refractivity contribution in [3.8, 4) is 11.6 Å². The average molecular weight is 575 g/mol. The summed E-state index contributed by atoms with van der Waals surface area (Å²) in [7, 11) is 0. The number of hydrogen-bond donors (Lipinski definition) is 0. The Labute approximate surface area is 240 Å². The molecule has 0 atom stereocenters. The van der Waals surface area contributed by atoms with E-state index >= 15 is 0 Å². The highest BCUT2D eigenvalue weighted by Gasteiger charge is 2.19. The van der Waals surface area contributed by atoms with Crippen LogP contribution in [-0.2, 0) is 4.74 Å². The van der Waals surface area contributed by atoms with Crippen molar-refractivity contribution in [3.63, 3.8) is 0 Å². The van der Waals surface area contributed by atoms with Crippen LogP contribution in [0, 0.1) is 0 Å². The van der Waals surface area contributed by atoms with E-state index in [9.17, 15) is 4.79 Å². The van der Waals surface area contributed by atoms with Crippen LogP contribution >= 0.6 is 23.2 Å². The first-order valence-electron chi connectivity index (χ1n) is 13.8. The lowest BCUT2D eigenvalue weighted by atomic mass is 10.2. The molecule has 0 aliphatic carbocycles. The van der Waals surface area contributed by atoms with Gasteiger partial charge in [0.25, 0.3) is 0 Å². The molecule has 1 aliphatic heterocycles. The SMILES string of the molecule is CCCCCCOC(=O)Oc1ccc2ccc(OCCCCN3CCN(c4cccc(Cl)c4Cl)CC3)cc2n1. The van der Waals surface area contributed by atoms with Crippen molar-refractivity contribution < 1.29 is 19.0 Å². The highest BCUT2D eigenvalue weighted by atomic mass is 35.5. The fourth-order valence-corrected chi connectivity index (χ4v) is 5.02. The molecule has 0 N–H and O–H groups in total. The Bertz CT molecular complexity index is 1220. The summed E-state index contributed by atoms with van der Waals surface area (Å²) < 4.78 is 16.4. The summed E-state index contributed by atoms with van der Waals surface area (Å²) in [5, 5.41) is 2.18. The van der Waals surface area contributed by atoms with Gasteiger partial charge in [-0.3, -0.25) is 4.90 Å². The standard InChI is InChI=1S/C30H37Cl2N3O4/c1-2-3-4-6-21-38-30(36)39-28-14-12-23-11-13-24(22-26(23)33-28)37-20-7-5-15-34-16-18-35(19-17-34)27-10-8-9-25(31)29(27)32/h8-14,22H,2-7,15-21H2,1H3. The number of fused-ring (bicyclic) bond motifs is 1. The molecule has 0 amide bonds. The van der Waals surface area contributed by atoms with Crippen LogP contribution in [-0.4, -0.2) is 62.0 Å². The van der Waals surface area contributed by atoms with Crippen molar-refractivity contribution in [2.75, 3.05) is 50.8 Å². The van der Waals surface area contributed by atoms with Crippen LogP contribution in [0.5, 0.6) is 11.6 Å². The number of piperazine rings is 1. The van der Waals surface area contributed by atoms with Crippen LogP contribution in [0.15, 0.2) is 48.5 Å². The molecule has 210 valence electrons. The Morgan fingerprint density at radius 3 is 2.54 bits per heavy atom. The Kier molecular flexibility index (Phi) is 11.4. The van der Waals surface area contributed by atoms with E-state index < -0.39 is 6.16 Å². The summed E-state index contributed by atoms with van der Waals surface area (Å²) in [6.07, 6.45) is 5.44. The molecular weight excluding hydrogens is 537 g/mol. The van der Waals surface area contributed by atoms with Crippen molar-refractivity contribution in [2.24, 2.45) is 0 Å². The maximum Gasteiger partial charge on any atom is 0.515 e. The molecule has 39 heavy (non-hydrogen) atoms. The number of nitrogens with zero attached hydrogens (tertiary/aromatic N) is 3. The van der Waals surface area contributed by atoms with Crippen LogP contribution in [0.3, 0.4) is 0 Å². The number of rotatable bonds is 13. The van der Waals surface area contributed by atoms with Crippen LogP contribution in [0.1, 0.15) is 45.4 Å². The Hall–Kier alpha value is -2.74. The minimum absolute atomic E-state index is 0.218. The minimum Gasteiger partial charge on any atom is -0.494 e. The molecule has 3 aromatic rings. The highest BCUT2D eigenvalue weighted by molar-refractivity contribution is 6.43. The molecule has 2 heterocycles. The molecule has 0 unspecified atom stereocenters. The van der Waals surface area contributed by atoms with Gasteiger partial charge in [0, 0.05) is 43.7 Å². The summed E-state index contributed by atoms with van der Waals surface area (Å²) in [5.41, 5.74) is 1.72. The van der Waals surface area contributed by atoms with Gasteiger partial charge in [-0.1, -0.05) is 55.5 Å². The fourth-order valence-electron chi connectivity index (χ4n) is 4.60. The van der Waals surface area contributed by atoms with E-state index in [0.29, 0.717) is 28.8 Å². The lowest BCUT2D eigenvalue weighted by Crippen LogP contribution is -2.46. The van der Waals surface area contributed by atoms with Crippen LogP contribution in [0.25, 0.3) is 10.9 Å². The molecule has 0 spiro atoms. The summed E-state index contributed by atoms with van der Waals surface area (Å²) in [5.74, 6) is 0.966. The molecule has 0 bridgehead atoms. The zero-order chi connectivity index (χ0) is 27.5. The largest absolute Gasteiger partial charge is 0.515 e. The van der Waals surface area contributed by atoms with Crippen LogP contribution < -0.4 is 14.4 Å². The fraction of sp³-hybridized carbons (Fsp3) is 0.467. The zero-order valence-corrected chi connectivity index (χ0v) is 24.1. The third-order valence-electron chi connectivity index (χ3n) is 6.83. The van der Waals surface area contributed by atoms with Crippen molar-refractivity contribution >= 4 is 45.9 Å². The van der Waals surface area contributed by atoms with Gasteiger partial charge < -0.3 is 19.1 Å². The number of carbonyl (C=O) groups excluding carboxylic acids is 1. The van der Waals surface area contributed by atoms with E-state index in [1.807, 2.05) is 42.5 Å². The van der Waals surface area contributed by atoms with Crippen molar-refractivity contribution in [1.29, 1.82) is 0 Å². The summed E-state index contributed by atoms with van der Waals surface area (Å²) in [4.78, 5) is 21.2. The van der Waals surface area contributed by atoms with Gasteiger partial charge in [-0.25, -0.2) is 9.78 Å². The number of halogens is 2. The van der Waals surface area contributed by atoms with E-state index in [1.54, 1.807) is 6.07 Å². The molecule has 1 saturated heterocycles. The number of anilines is 1. The van der Waals surface area contributed by atoms with E-state index in [1.165, 1.54) is 0 Å². The van der Waals surface area contributed by atoms with Crippen LogP contribution in [0.2, 0.25) is 10.0 Å². The Morgan fingerprint density at radius 1 is 0.923 bits per heavy atom. The lowest BCUT2D eigenvalue weighted by molar-refractivity contribution is 0.0959. The van der Waals surface area contributed by atoms with Crippen LogP contribution in [0.4, 0.5) is 10.5 Å². The van der Waals surface area contributed by atoms with E-state index in [4.69, 9.17) is 37.4 Å². The zero-order valence-electron chi connectivity index (χ0n) is 22.5. The first-order valence-corrected chi connectivity index (χ1v) is 14.6. The topological polar surface area (TPSA) is 64.1 Å². The number of pyridine rings is 1. The van der Waals surface area contributed by atoms with Gasteiger partial charge >= 0.3 is 6.16 Å². The second kappa shape index (κ2) is 15.2. The molecule has 1 aliphatic rings. The molecule has 0 saturated carbocycles. The van der Waals surface area contributed by atoms with Crippen molar-refractivity contribution in [3.05, 3.63) is 58.6 Å². The monoisotopic (exact) mass is 573 g/mol. The number of carbonyl (C=O) groups is 1. The molecule has 1 aromatic heterocycles. The average Bonchev–Trinajstić information content (AvgIpc) is 2.94. The number of aromatic nitrogens is 1. The third kappa shape index (κ3) is 8.88. The summed E-state index contributed by atoms with van der Waals surface area (Å²) >= 11 is 12.6. The number of hydrogen-bond acceptors (Lipinski definition) is 7. The molecule has 4 rings (SSSR count).